The maximum atomic E-state index is 11.9. The van der Waals surface area contributed by atoms with Gasteiger partial charge < -0.3 is 10.6 Å². The van der Waals surface area contributed by atoms with E-state index in [1.54, 1.807) is 6.92 Å². The number of nitrogens with one attached hydrogen (secondary N) is 2. The Morgan fingerprint density at radius 3 is 2.26 bits per heavy atom. The Kier molecular flexibility index (Phi) is 8.80. The van der Waals surface area contributed by atoms with Gasteiger partial charge in [0.25, 0.3) is 0 Å². The molecule has 6 heteroatoms. The summed E-state index contributed by atoms with van der Waals surface area (Å²) < 4.78 is 35.7. The molecule has 0 heterocycles. The molecule has 0 aromatic rings. The molecule has 1 unspecified atom stereocenters. The van der Waals surface area contributed by atoms with Crippen LogP contribution >= 0.6 is 0 Å². The molecule has 0 spiro atoms. The first-order valence-electron chi connectivity index (χ1n) is 6.80. The Morgan fingerprint density at radius 2 is 1.74 bits per heavy atom. The summed E-state index contributed by atoms with van der Waals surface area (Å²) in [4.78, 5) is 11.6. The van der Waals surface area contributed by atoms with Crippen molar-refractivity contribution in [1.82, 2.24) is 10.6 Å². The molecule has 0 aromatic carbocycles. The number of alkyl halides is 3. The van der Waals surface area contributed by atoms with Gasteiger partial charge in [0, 0.05) is 13.0 Å². The lowest BCUT2D eigenvalue weighted by molar-refractivity contribution is -0.135. The summed E-state index contributed by atoms with van der Waals surface area (Å²) in [6.07, 6.45) is -3.41. The summed E-state index contributed by atoms with van der Waals surface area (Å²) in [5, 5.41) is 5.72. The van der Waals surface area contributed by atoms with Crippen molar-refractivity contribution in [2.45, 2.75) is 58.7 Å². The molecule has 3 nitrogen and oxygen atoms in total. The molecular weight excluding hydrogens is 257 g/mol. The molecule has 0 fully saturated rings. The quantitative estimate of drug-likeness (QED) is 0.638. The Morgan fingerprint density at radius 1 is 1.11 bits per heavy atom. The average Bonchev–Trinajstić information content (AvgIpc) is 2.26. The van der Waals surface area contributed by atoms with Gasteiger partial charge in [-0.25, -0.2) is 0 Å². The highest BCUT2D eigenvalue weighted by Gasteiger charge is 2.25. The van der Waals surface area contributed by atoms with Gasteiger partial charge >= 0.3 is 6.18 Å². The van der Waals surface area contributed by atoms with Crippen molar-refractivity contribution in [1.29, 1.82) is 0 Å². The number of halogens is 3. The van der Waals surface area contributed by atoms with Crippen molar-refractivity contribution in [2.24, 2.45) is 5.92 Å². The van der Waals surface area contributed by atoms with E-state index in [1.165, 1.54) is 0 Å². The third kappa shape index (κ3) is 12.0. The molecule has 0 saturated carbocycles. The maximum absolute atomic E-state index is 11.9. The summed E-state index contributed by atoms with van der Waals surface area (Å²) in [5.41, 5.74) is 0. The highest BCUT2D eigenvalue weighted by atomic mass is 19.4. The van der Waals surface area contributed by atoms with Gasteiger partial charge in [-0.1, -0.05) is 13.8 Å². The number of unbranched alkanes of at least 4 members (excludes halogenated alkanes) is 1. The van der Waals surface area contributed by atoms with E-state index in [1.807, 2.05) is 0 Å². The summed E-state index contributed by atoms with van der Waals surface area (Å²) in [5.74, 6) is 0.433. The van der Waals surface area contributed by atoms with Crippen molar-refractivity contribution in [3.63, 3.8) is 0 Å². The monoisotopic (exact) mass is 282 g/mol. The molecule has 2 N–H and O–H groups in total. The van der Waals surface area contributed by atoms with E-state index in [0.717, 1.165) is 6.42 Å². The van der Waals surface area contributed by atoms with Gasteiger partial charge in [-0.3, -0.25) is 4.79 Å². The first-order chi connectivity index (χ1) is 8.72. The zero-order chi connectivity index (χ0) is 14.9. The molecule has 1 atom stereocenters. The first kappa shape index (κ1) is 18.2. The minimum atomic E-state index is -4.08. The normalized spacial score (nSPS) is 13.6. The van der Waals surface area contributed by atoms with Gasteiger partial charge in [-0.2, -0.15) is 13.2 Å². The highest BCUT2D eigenvalue weighted by Crippen LogP contribution is 2.21. The molecule has 0 saturated heterocycles. The smallest absolute Gasteiger partial charge is 0.355 e. The minimum absolute atomic E-state index is 0.0954. The third-order valence-corrected chi connectivity index (χ3v) is 2.75. The van der Waals surface area contributed by atoms with E-state index in [-0.39, 0.29) is 18.4 Å². The number of amides is 1. The SMILES string of the molecule is CC(C)CCNC(=O)C(C)NCCCCC(F)(F)F. The Labute approximate surface area is 113 Å². The molecule has 19 heavy (non-hydrogen) atoms. The summed E-state index contributed by atoms with van der Waals surface area (Å²) in [6, 6.07) is -0.363. The molecule has 0 bridgehead atoms. The van der Waals surface area contributed by atoms with Crippen LogP contribution in [0.15, 0.2) is 0 Å². The minimum Gasteiger partial charge on any atom is -0.355 e. The van der Waals surface area contributed by atoms with Crippen molar-refractivity contribution in [3.05, 3.63) is 0 Å². The van der Waals surface area contributed by atoms with Crippen LogP contribution in [0.2, 0.25) is 0 Å². The first-order valence-corrected chi connectivity index (χ1v) is 6.80. The number of rotatable bonds is 9. The van der Waals surface area contributed by atoms with Crippen LogP contribution in [0.5, 0.6) is 0 Å². The van der Waals surface area contributed by atoms with Gasteiger partial charge in [0.05, 0.1) is 6.04 Å². The Bertz CT molecular complexity index is 255. The largest absolute Gasteiger partial charge is 0.389 e. The fourth-order valence-corrected chi connectivity index (χ4v) is 1.50. The molecule has 0 aliphatic carbocycles. The van der Waals surface area contributed by atoms with E-state index >= 15 is 0 Å². The molecular formula is C13H25F3N2O. The van der Waals surface area contributed by atoms with E-state index in [9.17, 15) is 18.0 Å². The van der Waals surface area contributed by atoms with Crippen molar-refractivity contribution in [3.8, 4) is 0 Å². The van der Waals surface area contributed by atoms with Crippen molar-refractivity contribution < 1.29 is 18.0 Å². The summed E-state index contributed by atoms with van der Waals surface area (Å²) >= 11 is 0. The predicted octanol–water partition coefficient (Wildman–Crippen LogP) is 2.86. The zero-order valence-electron chi connectivity index (χ0n) is 11.9. The number of hydrogen-bond donors (Lipinski definition) is 2. The van der Waals surface area contributed by atoms with Crippen molar-refractivity contribution >= 4 is 5.91 Å². The average molecular weight is 282 g/mol. The second-order valence-corrected chi connectivity index (χ2v) is 5.22. The van der Waals surface area contributed by atoms with Gasteiger partial charge in [0.1, 0.15) is 0 Å². The zero-order valence-corrected chi connectivity index (χ0v) is 11.9. The fourth-order valence-electron chi connectivity index (χ4n) is 1.50. The number of hydrogen-bond acceptors (Lipinski definition) is 2. The lowest BCUT2D eigenvalue weighted by Crippen LogP contribution is -2.43. The maximum Gasteiger partial charge on any atom is 0.389 e. The highest BCUT2D eigenvalue weighted by molar-refractivity contribution is 5.81. The number of carbonyl (C=O) groups is 1. The molecule has 0 rings (SSSR count). The van der Waals surface area contributed by atoms with E-state index < -0.39 is 12.6 Å². The van der Waals surface area contributed by atoms with Crippen LogP contribution in [0.3, 0.4) is 0 Å². The van der Waals surface area contributed by atoms with Gasteiger partial charge in [-0.15, -0.1) is 0 Å². The summed E-state index contributed by atoms with van der Waals surface area (Å²) in [7, 11) is 0. The molecule has 0 aromatic heterocycles. The Balaban J connectivity index is 3.57. The second-order valence-electron chi connectivity index (χ2n) is 5.22. The van der Waals surface area contributed by atoms with Gasteiger partial charge in [0.15, 0.2) is 0 Å². The lowest BCUT2D eigenvalue weighted by atomic mass is 10.1. The molecule has 1 amide bonds. The van der Waals surface area contributed by atoms with E-state index in [2.05, 4.69) is 24.5 Å². The van der Waals surface area contributed by atoms with Crippen molar-refractivity contribution in [2.75, 3.05) is 13.1 Å². The fraction of sp³-hybridized carbons (Fsp3) is 0.923. The van der Waals surface area contributed by atoms with E-state index in [0.29, 0.717) is 25.4 Å². The van der Waals surface area contributed by atoms with Crippen LogP contribution < -0.4 is 10.6 Å². The third-order valence-electron chi connectivity index (χ3n) is 2.75. The van der Waals surface area contributed by atoms with Crippen LogP contribution in [0.1, 0.15) is 46.5 Å². The van der Waals surface area contributed by atoms with Crippen LogP contribution in [-0.2, 0) is 4.79 Å². The lowest BCUT2D eigenvalue weighted by Gasteiger charge is -2.14. The van der Waals surface area contributed by atoms with Crippen LogP contribution in [0, 0.1) is 5.92 Å². The predicted molar refractivity (Wildman–Crippen MR) is 69.8 cm³/mol. The summed E-state index contributed by atoms with van der Waals surface area (Å²) in [6.45, 7) is 6.93. The molecule has 0 aliphatic rings. The number of carbonyl (C=O) groups excluding carboxylic acids is 1. The molecule has 0 aliphatic heterocycles. The topological polar surface area (TPSA) is 41.1 Å². The molecule has 0 radical (unpaired) electrons. The van der Waals surface area contributed by atoms with E-state index in [4.69, 9.17) is 0 Å². The van der Waals surface area contributed by atoms with Crippen LogP contribution in [0.4, 0.5) is 13.2 Å². The van der Waals surface area contributed by atoms with Crippen LogP contribution in [0.25, 0.3) is 0 Å². The standard InChI is InChI=1S/C13H25F3N2O/c1-10(2)6-9-18-12(19)11(3)17-8-5-4-7-13(14,15)16/h10-11,17H,4-9H2,1-3H3,(H,18,19). The second kappa shape index (κ2) is 9.18. The molecule has 114 valence electrons. The van der Waals surface area contributed by atoms with Gasteiger partial charge in [0.2, 0.25) is 5.91 Å². The van der Waals surface area contributed by atoms with Crippen LogP contribution in [-0.4, -0.2) is 31.2 Å². The Hall–Kier alpha value is -0.780. The van der Waals surface area contributed by atoms with Gasteiger partial charge in [-0.05, 0) is 38.6 Å².